The molecule has 3 N–H and O–H groups in total. The van der Waals surface area contributed by atoms with E-state index >= 15 is 0 Å². The number of hydrogen-bond donors (Lipinski definition) is 3. The van der Waals surface area contributed by atoms with Crippen molar-refractivity contribution in [1.29, 1.82) is 0 Å². The first-order chi connectivity index (χ1) is 9.41. The number of carboxylic acid groups (broad SMARTS) is 1. The van der Waals surface area contributed by atoms with Crippen LogP contribution in [-0.4, -0.2) is 34.2 Å². The van der Waals surface area contributed by atoms with Crippen molar-refractivity contribution in [3.05, 3.63) is 34.2 Å². The number of aliphatic hydroxyl groups excluding tert-OH is 1. The minimum absolute atomic E-state index is 0.236. The number of amides is 1. The zero-order valence-electron chi connectivity index (χ0n) is 10.5. The summed E-state index contributed by atoms with van der Waals surface area (Å²) in [6.45, 7) is 1.30. The summed E-state index contributed by atoms with van der Waals surface area (Å²) >= 11 is 7.31. The number of halogens is 1. The lowest BCUT2D eigenvalue weighted by Gasteiger charge is -2.16. The molecule has 1 aromatic carbocycles. The van der Waals surface area contributed by atoms with Crippen LogP contribution in [0.15, 0.2) is 24.3 Å². The molecule has 0 aliphatic heterocycles. The van der Waals surface area contributed by atoms with E-state index < -0.39 is 24.0 Å². The third-order valence-electron chi connectivity index (χ3n) is 2.78. The molecule has 20 heavy (non-hydrogen) atoms. The molecule has 7 heteroatoms. The van der Waals surface area contributed by atoms with Crippen molar-refractivity contribution in [1.82, 2.24) is 5.32 Å². The van der Waals surface area contributed by atoms with Gasteiger partial charge in [-0.15, -0.1) is 11.3 Å². The fourth-order valence-corrected chi connectivity index (χ4v) is 3.18. The van der Waals surface area contributed by atoms with Crippen LogP contribution < -0.4 is 5.32 Å². The van der Waals surface area contributed by atoms with E-state index in [2.05, 4.69) is 5.32 Å². The Hall–Kier alpha value is -1.63. The highest BCUT2D eigenvalue weighted by Crippen LogP contribution is 2.35. The minimum atomic E-state index is -1.37. The normalized spacial score (nSPS) is 13.9. The van der Waals surface area contributed by atoms with Crippen LogP contribution in [0.1, 0.15) is 16.6 Å². The van der Waals surface area contributed by atoms with Gasteiger partial charge in [-0.25, -0.2) is 4.79 Å². The van der Waals surface area contributed by atoms with E-state index in [0.29, 0.717) is 0 Å². The maximum absolute atomic E-state index is 12.1. The molecule has 1 heterocycles. The third-order valence-corrected chi connectivity index (χ3v) is 4.45. The first kappa shape index (κ1) is 14.8. The van der Waals surface area contributed by atoms with Crippen LogP contribution in [0.25, 0.3) is 10.1 Å². The van der Waals surface area contributed by atoms with Crippen molar-refractivity contribution in [3.8, 4) is 0 Å². The molecule has 5 nitrogen and oxygen atoms in total. The Kier molecular flexibility index (Phi) is 4.27. The number of carbonyl (C=O) groups is 2. The fraction of sp³-hybridized carbons (Fsp3) is 0.231. The molecule has 2 unspecified atom stereocenters. The second-order valence-corrected chi connectivity index (χ2v) is 5.70. The molecular weight excluding hydrogens is 302 g/mol. The molecule has 0 saturated heterocycles. The van der Waals surface area contributed by atoms with E-state index in [1.165, 1.54) is 18.3 Å². The van der Waals surface area contributed by atoms with Gasteiger partial charge in [-0.1, -0.05) is 29.8 Å². The second kappa shape index (κ2) is 5.78. The summed E-state index contributed by atoms with van der Waals surface area (Å²) < 4.78 is 0.839. The molecule has 1 aromatic heterocycles. The zero-order chi connectivity index (χ0) is 14.9. The average molecular weight is 314 g/mol. The lowest BCUT2D eigenvalue weighted by Crippen LogP contribution is -2.47. The Balaban J connectivity index is 2.32. The number of benzene rings is 1. The highest BCUT2D eigenvalue weighted by Gasteiger charge is 2.27. The SMILES string of the molecule is CC(O)C(NC(=O)c1sc2ccccc2c1Cl)C(=O)O. The monoisotopic (exact) mass is 313 g/mol. The van der Waals surface area contributed by atoms with Gasteiger partial charge in [0.05, 0.1) is 11.1 Å². The van der Waals surface area contributed by atoms with Gasteiger partial charge in [0.15, 0.2) is 6.04 Å². The maximum Gasteiger partial charge on any atom is 0.328 e. The van der Waals surface area contributed by atoms with E-state index in [-0.39, 0.29) is 9.90 Å². The zero-order valence-corrected chi connectivity index (χ0v) is 12.0. The predicted octanol–water partition coefficient (Wildman–Crippen LogP) is 2.12. The van der Waals surface area contributed by atoms with Crippen LogP contribution in [0.3, 0.4) is 0 Å². The van der Waals surface area contributed by atoms with Crippen molar-refractivity contribution in [3.63, 3.8) is 0 Å². The van der Waals surface area contributed by atoms with E-state index in [1.807, 2.05) is 12.1 Å². The molecule has 0 saturated carbocycles. The lowest BCUT2D eigenvalue weighted by atomic mass is 10.2. The van der Waals surface area contributed by atoms with E-state index in [0.717, 1.165) is 10.1 Å². The smallest absolute Gasteiger partial charge is 0.328 e. The van der Waals surface area contributed by atoms with Gasteiger partial charge in [-0.2, -0.15) is 0 Å². The third kappa shape index (κ3) is 2.77. The Labute approximate surface area is 123 Å². The molecule has 2 aromatic rings. The summed E-state index contributed by atoms with van der Waals surface area (Å²) in [4.78, 5) is 23.3. The number of hydrogen-bond acceptors (Lipinski definition) is 4. The van der Waals surface area contributed by atoms with Crippen LogP contribution >= 0.6 is 22.9 Å². The van der Waals surface area contributed by atoms with Gasteiger partial charge in [0.2, 0.25) is 0 Å². The molecular formula is C13H12ClNO4S. The number of carbonyl (C=O) groups excluding carboxylic acids is 1. The van der Waals surface area contributed by atoms with E-state index in [1.54, 1.807) is 12.1 Å². The van der Waals surface area contributed by atoms with Crippen molar-refractivity contribution < 1.29 is 19.8 Å². The summed E-state index contributed by atoms with van der Waals surface area (Å²) in [5.41, 5.74) is 0. The topological polar surface area (TPSA) is 86.6 Å². The minimum Gasteiger partial charge on any atom is -0.480 e. The predicted molar refractivity (Wildman–Crippen MR) is 77.4 cm³/mol. The van der Waals surface area contributed by atoms with Crippen molar-refractivity contribution in [2.75, 3.05) is 0 Å². The molecule has 0 aliphatic carbocycles. The quantitative estimate of drug-likeness (QED) is 0.807. The Morgan fingerprint density at radius 1 is 1.35 bits per heavy atom. The van der Waals surface area contributed by atoms with Crippen LogP contribution in [0.2, 0.25) is 5.02 Å². The maximum atomic E-state index is 12.1. The summed E-state index contributed by atoms with van der Waals surface area (Å²) in [6, 6.07) is 5.87. The summed E-state index contributed by atoms with van der Waals surface area (Å²) in [6.07, 6.45) is -1.20. The number of aliphatic hydroxyl groups is 1. The number of rotatable bonds is 4. The van der Waals surface area contributed by atoms with E-state index in [9.17, 15) is 14.7 Å². The van der Waals surface area contributed by atoms with Gasteiger partial charge >= 0.3 is 5.97 Å². The molecule has 0 aliphatic rings. The molecule has 2 rings (SSSR count). The van der Waals surface area contributed by atoms with Gasteiger partial charge in [0.1, 0.15) is 4.88 Å². The second-order valence-electron chi connectivity index (χ2n) is 4.27. The standard InChI is InChI=1S/C13H12ClNO4S/c1-6(16)10(13(18)19)15-12(17)11-9(14)7-4-2-3-5-8(7)20-11/h2-6,10,16H,1H3,(H,15,17)(H,18,19). The van der Waals surface area contributed by atoms with Gasteiger partial charge < -0.3 is 15.5 Å². The number of fused-ring (bicyclic) bond motifs is 1. The summed E-state index contributed by atoms with van der Waals surface area (Å²) in [7, 11) is 0. The molecule has 0 spiro atoms. The molecule has 1 amide bonds. The van der Waals surface area contributed by atoms with E-state index in [4.69, 9.17) is 16.7 Å². The molecule has 0 bridgehead atoms. The largest absolute Gasteiger partial charge is 0.480 e. The highest BCUT2D eigenvalue weighted by molar-refractivity contribution is 7.21. The highest BCUT2D eigenvalue weighted by atomic mass is 35.5. The molecule has 0 fully saturated rings. The van der Waals surface area contributed by atoms with Crippen molar-refractivity contribution >= 4 is 44.9 Å². The van der Waals surface area contributed by atoms with Crippen LogP contribution in [0.5, 0.6) is 0 Å². The van der Waals surface area contributed by atoms with Gasteiger partial charge in [0.25, 0.3) is 5.91 Å². The average Bonchev–Trinajstić information content (AvgIpc) is 2.73. The summed E-state index contributed by atoms with van der Waals surface area (Å²) in [5, 5.41) is 21.6. The summed E-state index contributed by atoms with van der Waals surface area (Å²) in [5.74, 6) is -1.91. The molecule has 2 atom stereocenters. The molecule has 0 radical (unpaired) electrons. The molecule has 106 valence electrons. The Bertz CT molecular complexity index is 667. The van der Waals surface area contributed by atoms with Crippen LogP contribution in [-0.2, 0) is 4.79 Å². The van der Waals surface area contributed by atoms with Crippen LogP contribution in [0, 0.1) is 0 Å². The van der Waals surface area contributed by atoms with Crippen LogP contribution in [0.4, 0.5) is 0 Å². The van der Waals surface area contributed by atoms with Gasteiger partial charge in [0, 0.05) is 10.1 Å². The number of thiophene rings is 1. The van der Waals surface area contributed by atoms with Crippen molar-refractivity contribution in [2.24, 2.45) is 0 Å². The number of nitrogens with one attached hydrogen (secondary N) is 1. The number of aliphatic carboxylic acids is 1. The Morgan fingerprint density at radius 2 is 2.00 bits per heavy atom. The number of carboxylic acids is 1. The van der Waals surface area contributed by atoms with Gasteiger partial charge in [-0.3, -0.25) is 4.79 Å². The van der Waals surface area contributed by atoms with Gasteiger partial charge in [-0.05, 0) is 13.0 Å². The first-order valence-corrected chi connectivity index (χ1v) is 7.00. The first-order valence-electron chi connectivity index (χ1n) is 5.80. The lowest BCUT2D eigenvalue weighted by molar-refractivity contribution is -0.141. The fourth-order valence-electron chi connectivity index (χ4n) is 1.76. The van der Waals surface area contributed by atoms with Crippen molar-refractivity contribution in [2.45, 2.75) is 19.1 Å². The Morgan fingerprint density at radius 3 is 2.55 bits per heavy atom.